The first-order valence-electron chi connectivity index (χ1n) is 5.14. The van der Waals surface area contributed by atoms with Crippen molar-refractivity contribution in [1.82, 2.24) is 0 Å². The van der Waals surface area contributed by atoms with E-state index in [4.69, 9.17) is 15.6 Å². The third-order valence-electron chi connectivity index (χ3n) is 2.25. The largest absolute Gasteiger partial charge is 0.486 e. The Kier molecular flexibility index (Phi) is 4.12. The normalized spacial score (nSPS) is 14.7. The van der Waals surface area contributed by atoms with E-state index in [-0.39, 0.29) is 18.8 Å². The number of aliphatic hydroxyl groups excluding tert-OH is 1. The number of rotatable bonds is 4. The lowest BCUT2D eigenvalue weighted by molar-refractivity contribution is 0.0990. The molecule has 3 heteroatoms. The van der Waals surface area contributed by atoms with E-state index in [2.05, 4.69) is 6.07 Å². The van der Waals surface area contributed by atoms with Crippen LogP contribution in [-0.4, -0.2) is 23.9 Å². The van der Waals surface area contributed by atoms with Crippen LogP contribution in [0.1, 0.15) is 18.1 Å². The molecule has 0 aliphatic rings. The third-order valence-corrected chi connectivity index (χ3v) is 2.25. The molecule has 0 amide bonds. The van der Waals surface area contributed by atoms with Gasteiger partial charge < -0.3 is 15.6 Å². The summed E-state index contributed by atoms with van der Waals surface area (Å²) in [5.74, 6) is 0.767. The fraction of sp³-hybridized carbons (Fsp3) is 0.500. The lowest BCUT2D eigenvalue weighted by Gasteiger charge is -2.20. The zero-order valence-corrected chi connectivity index (χ0v) is 9.53. The molecule has 0 aromatic heterocycles. The maximum Gasteiger partial charge on any atom is 0.136 e. The highest BCUT2D eigenvalue weighted by molar-refractivity contribution is 5.33. The average molecular weight is 209 g/mol. The quantitative estimate of drug-likeness (QED) is 0.788. The molecule has 0 heterocycles. The van der Waals surface area contributed by atoms with Crippen molar-refractivity contribution < 1.29 is 9.84 Å². The Labute approximate surface area is 90.9 Å². The summed E-state index contributed by atoms with van der Waals surface area (Å²) in [6, 6.07) is 5.78. The molecule has 0 radical (unpaired) electrons. The first kappa shape index (κ1) is 12.0. The molecule has 0 bridgehead atoms. The van der Waals surface area contributed by atoms with Crippen molar-refractivity contribution in [1.29, 1.82) is 0 Å². The van der Waals surface area contributed by atoms with E-state index in [9.17, 15) is 0 Å². The molecule has 1 rings (SSSR count). The highest BCUT2D eigenvalue weighted by Gasteiger charge is 2.14. The third kappa shape index (κ3) is 3.53. The molecule has 0 saturated heterocycles. The first-order chi connectivity index (χ1) is 7.02. The van der Waals surface area contributed by atoms with Crippen LogP contribution in [0.4, 0.5) is 0 Å². The topological polar surface area (TPSA) is 55.5 Å². The van der Waals surface area contributed by atoms with Gasteiger partial charge in [-0.25, -0.2) is 0 Å². The van der Waals surface area contributed by atoms with Crippen LogP contribution < -0.4 is 10.5 Å². The van der Waals surface area contributed by atoms with Gasteiger partial charge in [0.05, 0.1) is 6.61 Å². The number of benzene rings is 1. The minimum Gasteiger partial charge on any atom is -0.486 e. The van der Waals surface area contributed by atoms with Crippen LogP contribution in [-0.2, 0) is 0 Å². The Morgan fingerprint density at radius 3 is 2.20 bits per heavy atom. The van der Waals surface area contributed by atoms with Crippen molar-refractivity contribution in [2.24, 2.45) is 5.73 Å². The Morgan fingerprint density at radius 2 is 1.80 bits per heavy atom. The lowest BCUT2D eigenvalue weighted by Crippen LogP contribution is -2.39. The number of nitrogens with two attached hydrogens (primary N) is 1. The van der Waals surface area contributed by atoms with Gasteiger partial charge in [-0.15, -0.1) is 0 Å². The van der Waals surface area contributed by atoms with Gasteiger partial charge in [-0.2, -0.15) is 0 Å². The molecule has 0 aliphatic carbocycles. The van der Waals surface area contributed by atoms with Gasteiger partial charge in [-0.1, -0.05) is 6.07 Å². The van der Waals surface area contributed by atoms with E-state index >= 15 is 0 Å². The smallest absolute Gasteiger partial charge is 0.136 e. The molecule has 0 fully saturated rings. The van der Waals surface area contributed by atoms with Crippen LogP contribution in [0.2, 0.25) is 0 Å². The van der Waals surface area contributed by atoms with Crippen molar-refractivity contribution in [2.75, 3.05) is 6.61 Å². The molecule has 84 valence electrons. The zero-order valence-electron chi connectivity index (χ0n) is 9.53. The maximum atomic E-state index is 9.09. The number of aliphatic hydroxyl groups is 1. The number of ether oxygens (including phenoxy) is 1. The summed E-state index contributed by atoms with van der Waals surface area (Å²) in [5, 5.41) is 9.09. The van der Waals surface area contributed by atoms with Crippen molar-refractivity contribution in [3.8, 4) is 5.75 Å². The highest BCUT2D eigenvalue weighted by atomic mass is 16.5. The molecule has 2 atom stereocenters. The van der Waals surface area contributed by atoms with Crippen molar-refractivity contribution in [3.63, 3.8) is 0 Å². The van der Waals surface area contributed by atoms with Crippen LogP contribution in [0.15, 0.2) is 18.2 Å². The maximum absolute atomic E-state index is 9.09. The Morgan fingerprint density at radius 1 is 1.27 bits per heavy atom. The molecule has 1 aromatic carbocycles. The summed E-state index contributed by atoms with van der Waals surface area (Å²) in [6.07, 6.45) is -0.341. The fourth-order valence-corrected chi connectivity index (χ4v) is 1.49. The van der Waals surface area contributed by atoms with Gasteiger partial charge in [0.1, 0.15) is 11.9 Å². The Balaban J connectivity index is 2.79. The average Bonchev–Trinajstić information content (AvgIpc) is 2.12. The van der Waals surface area contributed by atoms with Gasteiger partial charge in [0.15, 0.2) is 0 Å². The highest BCUT2D eigenvalue weighted by Crippen LogP contribution is 2.18. The van der Waals surface area contributed by atoms with E-state index < -0.39 is 0 Å². The number of aryl methyl sites for hydroxylation is 2. The zero-order chi connectivity index (χ0) is 11.4. The van der Waals surface area contributed by atoms with Crippen molar-refractivity contribution in [3.05, 3.63) is 29.3 Å². The summed E-state index contributed by atoms with van der Waals surface area (Å²) in [4.78, 5) is 0. The van der Waals surface area contributed by atoms with Crippen LogP contribution in [0.5, 0.6) is 5.75 Å². The number of hydrogen-bond donors (Lipinski definition) is 2. The van der Waals surface area contributed by atoms with E-state index in [1.807, 2.05) is 32.9 Å². The molecule has 0 aliphatic heterocycles. The van der Waals surface area contributed by atoms with Gasteiger partial charge in [0.2, 0.25) is 0 Å². The van der Waals surface area contributed by atoms with Crippen molar-refractivity contribution >= 4 is 0 Å². The molecule has 2 unspecified atom stereocenters. The summed E-state index contributed by atoms with van der Waals surface area (Å²) in [7, 11) is 0. The van der Waals surface area contributed by atoms with Gasteiger partial charge in [0.25, 0.3) is 0 Å². The summed E-state index contributed by atoms with van der Waals surface area (Å²) in [5.41, 5.74) is 7.98. The molecular formula is C12H19NO2. The second-order valence-corrected chi connectivity index (χ2v) is 4.02. The van der Waals surface area contributed by atoms with E-state index in [0.717, 1.165) is 16.9 Å². The van der Waals surface area contributed by atoms with Gasteiger partial charge in [-0.3, -0.25) is 0 Å². The van der Waals surface area contributed by atoms with Gasteiger partial charge in [0, 0.05) is 6.04 Å². The van der Waals surface area contributed by atoms with Crippen LogP contribution in [0.25, 0.3) is 0 Å². The fourth-order valence-electron chi connectivity index (χ4n) is 1.49. The number of hydrogen-bond acceptors (Lipinski definition) is 3. The monoisotopic (exact) mass is 209 g/mol. The molecule has 0 spiro atoms. The second-order valence-electron chi connectivity index (χ2n) is 4.02. The summed E-state index contributed by atoms with van der Waals surface area (Å²) >= 11 is 0. The molecule has 3 nitrogen and oxygen atoms in total. The molecule has 3 N–H and O–H groups in total. The van der Waals surface area contributed by atoms with Gasteiger partial charge >= 0.3 is 0 Å². The minimum absolute atomic E-state index is 0.0648. The van der Waals surface area contributed by atoms with Crippen molar-refractivity contribution in [2.45, 2.75) is 32.9 Å². The Bertz CT molecular complexity index is 303. The minimum atomic E-state index is -0.341. The van der Waals surface area contributed by atoms with E-state index in [1.165, 1.54) is 0 Å². The van der Waals surface area contributed by atoms with Gasteiger partial charge in [-0.05, 0) is 44.0 Å². The summed E-state index contributed by atoms with van der Waals surface area (Å²) in [6.45, 7) is 5.79. The molecule has 1 aromatic rings. The van der Waals surface area contributed by atoms with Crippen LogP contribution >= 0.6 is 0 Å². The molecular weight excluding hydrogens is 190 g/mol. The SMILES string of the molecule is Cc1cc(C)cc(OC(CO)C(C)N)c1. The standard InChI is InChI=1S/C12H19NO2/c1-8-4-9(2)6-11(5-8)15-12(7-14)10(3)13/h4-6,10,12,14H,7,13H2,1-3H3. The predicted molar refractivity (Wildman–Crippen MR) is 61.1 cm³/mol. The molecule has 0 saturated carbocycles. The second kappa shape index (κ2) is 5.14. The van der Waals surface area contributed by atoms with Crippen LogP contribution in [0, 0.1) is 13.8 Å². The first-order valence-corrected chi connectivity index (χ1v) is 5.14. The Hall–Kier alpha value is -1.06. The lowest BCUT2D eigenvalue weighted by atomic mass is 10.1. The van der Waals surface area contributed by atoms with Crippen LogP contribution in [0.3, 0.4) is 0 Å². The van der Waals surface area contributed by atoms with E-state index in [0.29, 0.717) is 0 Å². The predicted octanol–water partition coefficient (Wildman–Crippen LogP) is 1.39. The van der Waals surface area contributed by atoms with E-state index in [1.54, 1.807) is 0 Å². The molecule has 15 heavy (non-hydrogen) atoms. The summed E-state index contributed by atoms with van der Waals surface area (Å²) < 4.78 is 5.61.